The highest BCUT2D eigenvalue weighted by Gasteiger charge is 2.30. The lowest BCUT2D eigenvalue weighted by atomic mass is 9.93. The summed E-state index contributed by atoms with van der Waals surface area (Å²) in [6, 6.07) is 2.91. The maximum absolute atomic E-state index is 3.72. The largest absolute Gasteiger partial charge is 0.309 e. The fourth-order valence-electron chi connectivity index (χ4n) is 2.82. The molecule has 4 heteroatoms. The molecule has 0 bridgehead atoms. The molecule has 0 amide bonds. The van der Waals surface area contributed by atoms with Crippen LogP contribution in [-0.2, 0) is 6.54 Å². The van der Waals surface area contributed by atoms with Crippen LogP contribution < -0.4 is 5.32 Å². The van der Waals surface area contributed by atoms with Gasteiger partial charge in [-0.15, -0.1) is 11.3 Å². The smallest absolute Gasteiger partial charge is 0.0843 e. The molecule has 1 aromatic heterocycles. The van der Waals surface area contributed by atoms with Gasteiger partial charge in [0, 0.05) is 21.9 Å². The van der Waals surface area contributed by atoms with Crippen molar-refractivity contribution in [3.8, 4) is 0 Å². The highest BCUT2D eigenvalue weighted by molar-refractivity contribution is 9.13. The Labute approximate surface area is 125 Å². The zero-order valence-electron chi connectivity index (χ0n) is 10.3. The third kappa shape index (κ3) is 3.34. The van der Waals surface area contributed by atoms with Crippen LogP contribution in [-0.4, -0.2) is 6.04 Å². The highest BCUT2D eigenvalue weighted by atomic mass is 79.9. The topological polar surface area (TPSA) is 12.0 Å². The molecule has 1 aliphatic carbocycles. The predicted molar refractivity (Wildman–Crippen MR) is 82.5 cm³/mol. The van der Waals surface area contributed by atoms with Crippen molar-refractivity contribution in [1.82, 2.24) is 5.32 Å². The average molecular weight is 381 g/mol. The first-order valence-corrected chi connectivity index (χ1v) is 8.69. The quantitative estimate of drug-likeness (QED) is 0.757. The van der Waals surface area contributed by atoms with E-state index in [1.807, 2.05) is 11.3 Å². The molecule has 1 aliphatic rings. The zero-order valence-corrected chi connectivity index (χ0v) is 14.3. The fraction of sp³-hybridized carbons (Fsp3) is 0.692. The van der Waals surface area contributed by atoms with Crippen molar-refractivity contribution < 1.29 is 0 Å². The van der Waals surface area contributed by atoms with Gasteiger partial charge < -0.3 is 5.32 Å². The monoisotopic (exact) mass is 379 g/mol. The van der Waals surface area contributed by atoms with E-state index < -0.39 is 0 Å². The Bertz CT molecular complexity index is 358. The Morgan fingerprint density at radius 1 is 1.41 bits per heavy atom. The fourth-order valence-corrected chi connectivity index (χ4v) is 4.95. The van der Waals surface area contributed by atoms with Gasteiger partial charge >= 0.3 is 0 Å². The van der Waals surface area contributed by atoms with Gasteiger partial charge in [0.1, 0.15) is 0 Å². The van der Waals surface area contributed by atoms with Crippen LogP contribution in [0.3, 0.4) is 0 Å². The minimum Gasteiger partial charge on any atom is -0.309 e. The van der Waals surface area contributed by atoms with E-state index in [0.717, 1.165) is 18.4 Å². The van der Waals surface area contributed by atoms with Crippen LogP contribution in [0, 0.1) is 11.8 Å². The van der Waals surface area contributed by atoms with Crippen LogP contribution >= 0.6 is 43.2 Å². The first-order chi connectivity index (χ1) is 8.11. The van der Waals surface area contributed by atoms with Crippen molar-refractivity contribution in [2.75, 3.05) is 0 Å². The highest BCUT2D eigenvalue weighted by Crippen LogP contribution is 2.35. The van der Waals surface area contributed by atoms with Crippen LogP contribution in [0.15, 0.2) is 14.3 Å². The molecular formula is C13H19Br2NS. The Morgan fingerprint density at radius 2 is 2.18 bits per heavy atom. The third-order valence-electron chi connectivity index (χ3n) is 3.99. The molecule has 0 aliphatic heterocycles. The summed E-state index contributed by atoms with van der Waals surface area (Å²) in [5.41, 5.74) is 0. The summed E-state index contributed by atoms with van der Waals surface area (Å²) in [7, 11) is 0. The van der Waals surface area contributed by atoms with Gasteiger partial charge in [-0.3, -0.25) is 0 Å². The van der Waals surface area contributed by atoms with Gasteiger partial charge in [0.15, 0.2) is 0 Å². The van der Waals surface area contributed by atoms with Crippen molar-refractivity contribution in [1.29, 1.82) is 0 Å². The second-order valence-electron chi connectivity index (χ2n) is 4.93. The van der Waals surface area contributed by atoms with E-state index in [1.54, 1.807) is 0 Å². The number of thiophene rings is 1. The lowest BCUT2D eigenvalue weighted by Gasteiger charge is -2.20. The van der Waals surface area contributed by atoms with Gasteiger partial charge in [-0.2, -0.15) is 0 Å². The lowest BCUT2D eigenvalue weighted by Crippen LogP contribution is -2.31. The van der Waals surface area contributed by atoms with Gasteiger partial charge in [0.2, 0.25) is 0 Å². The molecule has 0 saturated heterocycles. The van der Waals surface area contributed by atoms with Gasteiger partial charge in [-0.1, -0.05) is 20.3 Å². The maximum Gasteiger partial charge on any atom is 0.0843 e. The zero-order chi connectivity index (χ0) is 12.4. The molecule has 3 atom stereocenters. The van der Waals surface area contributed by atoms with Crippen LogP contribution in [0.25, 0.3) is 0 Å². The first kappa shape index (κ1) is 14.0. The Hall–Kier alpha value is 0.620. The number of hydrogen-bond acceptors (Lipinski definition) is 2. The molecular weight excluding hydrogens is 362 g/mol. The van der Waals surface area contributed by atoms with Crippen molar-refractivity contribution in [2.45, 2.75) is 45.7 Å². The summed E-state index contributed by atoms with van der Waals surface area (Å²) in [6.45, 7) is 5.72. The van der Waals surface area contributed by atoms with E-state index >= 15 is 0 Å². The van der Waals surface area contributed by atoms with Crippen molar-refractivity contribution >= 4 is 43.2 Å². The molecule has 0 aromatic carbocycles. The predicted octanol–water partition coefficient (Wildman–Crippen LogP) is 5.19. The molecule has 3 unspecified atom stereocenters. The molecule has 17 heavy (non-hydrogen) atoms. The Kier molecular flexibility index (Phi) is 5.10. The minimum atomic E-state index is 0.708. The number of nitrogens with one attached hydrogen (secondary N) is 1. The summed E-state index contributed by atoms with van der Waals surface area (Å²) in [5.74, 6) is 1.75. The summed E-state index contributed by atoms with van der Waals surface area (Å²) in [6.07, 6.45) is 4.07. The van der Waals surface area contributed by atoms with Crippen molar-refractivity contribution in [2.24, 2.45) is 11.8 Å². The van der Waals surface area contributed by atoms with Gasteiger partial charge in [-0.25, -0.2) is 0 Å². The van der Waals surface area contributed by atoms with Crippen molar-refractivity contribution in [3.63, 3.8) is 0 Å². The summed E-state index contributed by atoms with van der Waals surface area (Å²) in [4.78, 5) is 1.40. The maximum atomic E-state index is 3.72. The van der Waals surface area contributed by atoms with E-state index in [4.69, 9.17) is 0 Å². The molecule has 1 N–H and O–H groups in total. The summed E-state index contributed by atoms with van der Waals surface area (Å²) >= 11 is 8.90. The SMILES string of the molecule is CCC1CCC(NCc2cc(Br)c(Br)s2)C1C. The van der Waals surface area contributed by atoms with Crippen LogP contribution in [0.2, 0.25) is 0 Å². The lowest BCUT2D eigenvalue weighted by molar-refractivity contribution is 0.345. The van der Waals surface area contributed by atoms with E-state index in [0.29, 0.717) is 6.04 Å². The van der Waals surface area contributed by atoms with Crippen LogP contribution in [0.4, 0.5) is 0 Å². The van der Waals surface area contributed by atoms with E-state index in [9.17, 15) is 0 Å². The van der Waals surface area contributed by atoms with Crippen molar-refractivity contribution in [3.05, 3.63) is 19.2 Å². The minimum absolute atomic E-state index is 0.708. The molecule has 1 aromatic rings. The normalized spacial score (nSPS) is 28.8. The molecule has 1 saturated carbocycles. The number of halogens is 2. The molecule has 1 nitrogen and oxygen atoms in total. The standard InChI is InChI=1S/C13H19Br2NS/c1-3-9-4-5-12(8(9)2)16-7-10-6-11(14)13(15)17-10/h6,8-9,12,16H,3-5,7H2,1-2H3. The second kappa shape index (κ2) is 6.18. The Balaban J connectivity index is 1.86. The van der Waals surface area contributed by atoms with E-state index in [1.165, 1.54) is 32.4 Å². The van der Waals surface area contributed by atoms with Gasteiger partial charge in [-0.05, 0) is 62.6 Å². The van der Waals surface area contributed by atoms with Crippen LogP contribution in [0.1, 0.15) is 38.0 Å². The molecule has 2 rings (SSSR count). The van der Waals surface area contributed by atoms with E-state index in [-0.39, 0.29) is 0 Å². The Morgan fingerprint density at radius 3 is 2.71 bits per heavy atom. The van der Waals surface area contributed by atoms with Gasteiger partial charge in [0.25, 0.3) is 0 Å². The molecule has 1 fully saturated rings. The van der Waals surface area contributed by atoms with Gasteiger partial charge in [0.05, 0.1) is 3.79 Å². The molecule has 0 spiro atoms. The average Bonchev–Trinajstić information content (AvgIpc) is 2.81. The second-order valence-corrected chi connectivity index (χ2v) is 8.24. The third-order valence-corrected chi connectivity index (χ3v) is 7.24. The molecule has 1 heterocycles. The molecule has 96 valence electrons. The number of rotatable bonds is 4. The molecule has 0 radical (unpaired) electrons. The number of hydrogen-bond donors (Lipinski definition) is 1. The summed E-state index contributed by atoms with van der Waals surface area (Å²) < 4.78 is 2.37. The summed E-state index contributed by atoms with van der Waals surface area (Å²) in [5, 5.41) is 3.72. The first-order valence-electron chi connectivity index (χ1n) is 6.29. The van der Waals surface area contributed by atoms with Crippen LogP contribution in [0.5, 0.6) is 0 Å². The van der Waals surface area contributed by atoms with E-state index in [2.05, 4.69) is 57.1 Å².